The molecule has 2 amide bonds. The van der Waals surface area contributed by atoms with Crippen LogP contribution in [0.2, 0.25) is 0 Å². The van der Waals surface area contributed by atoms with Gasteiger partial charge in [-0.05, 0) is 35.1 Å². The van der Waals surface area contributed by atoms with E-state index in [1.54, 1.807) is 6.92 Å². The lowest BCUT2D eigenvalue weighted by molar-refractivity contribution is -0.142. The average molecular weight is 424 g/mol. The summed E-state index contributed by atoms with van der Waals surface area (Å²) in [6.45, 7) is 3.77. The molecule has 0 bridgehead atoms. The number of carboxylic acids is 1. The number of hydrogen-bond donors (Lipinski definition) is 3. The largest absolute Gasteiger partial charge is 0.480 e. The van der Waals surface area contributed by atoms with Crippen LogP contribution in [0.5, 0.6) is 0 Å². The molecule has 0 fully saturated rings. The van der Waals surface area contributed by atoms with Gasteiger partial charge in [0.25, 0.3) is 0 Å². The summed E-state index contributed by atoms with van der Waals surface area (Å²) in [5.41, 5.74) is 4.56. The first kappa shape index (κ1) is 22.3. The number of carboxylic acid groups (broad SMARTS) is 1. The third-order valence-corrected chi connectivity index (χ3v) is 5.72. The van der Waals surface area contributed by atoms with Crippen LogP contribution in [0.1, 0.15) is 43.7 Å². The predicted octanol–water partition coefficient (Wildman–Crippen LogP) is 3.53. The standard InChI is InChI=1S/C24H28N2O5/c1-3-15(22(27)26-21(4-2)23(28)29)13-25-24(30)31-14-20-18-11-7-5-9-16(18)17-10-6-8-12-19(17)20/h5-12,15,20-21H,3-4,13-14H2,1-2H3,(H,25,30)(H,26,27)(H,28,29). The molecule has 2 aromatic carbocycles. The number of aliphatic carboxylic acids is 1. The molecule has 1 aliphatic rings. The van der Waals surface area contributed by atoms with Crippen LogP contribution in [-0.2, 0) is 14.3 Å². The molecule has 0 saturated carbocycles. The monoisotopic (exact) mass is 424 g/mol. The summed E-state index contributed by atoms with van der Waals surface area (Å²) in [6.07, 6.45) is 0.154. The van der Waals surface area contributed by atoms with E-state index in [9.17, 15) is 14.4 Å². The Morgan fingerprint density at radius 3 is 2.06 bits per heavy atom. The molecule has 7 nitrogen and oxygen atoms in total. The van der Waals surface area contributed by atoms with E-state index in [-0.39, 0.29) is 25.5 Å². The third kappa shape index (κ3) is 5.05. The molecule has 31 heavy (non-hydrogen) atoms. The topological polar surface area (TPSA) is 105 Å². The lowest BCUT2D eigenvalue weighted by Crippen LogP contribution is -2.46. The molecule has 0 saturated heterocycles. The molecule has 3 rings (SSSR count). The van der Waals surface area contributed by atoms with Gasteiger partial charge < -0.3 is 20.5 Å². The van der Waals surface area contributed by atoms with Gasteiger partial charge in [0, 0.05) is 12.5 Å². The number of amides is 2. The maximum atomic E-state index is 12.3. The second-order valence-corrected chi connectivity index (χ2v) is 7.62. The fourth-order valence-electron chi connectivity index (χ4n) is 3.91. The molecule has 2 aromatic rings. The molecular formula is C24H28N2O5. The zero-order valence-corrected chi connectivity index (χ0v) is 17.8. The number of carbonyl (C=O) groups excluding carboxylic acids is 2. The molecule has 3 N–H and O–H groups in total. The minimum absolute atomic E-state index is 0.0377. The zero-order valence-electron chi connectivity index (χ0n) is 17.8. The predicted molar refractivity (Wildman–Crippen MR) is 117 cm³/mol. The Hall–Kier alpha value is -3.35. The van der Waals surface area contributed by atoms with Gasteiger partial charge in [-0.1, -0.05) is 62.4 Å². The number of fused-ring (bicyclic) bond motifs is 3. The van der Waals surface area contributed by atoms with Crippen molar-refractivity contribution in [2.75, 3.05) is 13.2 Å². The first-order valence-corrected chi connectivity index (χ1v) is 10.6. The van der Waals surface area contributed by atoms with Gasteiger partial charge in [0.1, 0.15) is 12.6 Å². The number of rotatable bonds is 9. The molecule has 0 aromatic heterocycles. The van der Waals surface area contributed by atoms with Crippen molar-refractivity contribution < 1.29 is 24.2 Å². The first-order chi connectivity index (χ1) is 15.0. The Labute approximate surface area is 181 Å². The van der Waals surface area contributed by atoms with Crippen molar-refractivity contribution in [3.63, 3.8) is 0 Å². The summed E-state index contributed by atoms with van der Waals surface area (Å²) in [5.74, 6) is -2.04. The van der Waals surface area contributed by atoms with Crippen LogP contribution < -0.4 is 10.6 Å². The molecule has 1 aliphatic carbocycles. The van der Waals surface area contributed by atoms with Gasteiger partial charge in [0.2, 0.25) is 5.91 Å². The maximum Gasteiger partial charge on any atom is 0.407 e. The van der Waals surface area contributed by atoms with Crippen molar-refractivity contribution in [3.8, 4) is 11.1 Å². The normalized spacial score (nSPS) is 14.1. The van der Waals surface area contributed by atoms with Crippen molar-refractivity contribution >= 4 is 18.0 Å². The summed E-state index contributed by atoms with van der Waals surface area (Å²) in [6, 6.07) is 15.2. The van der Waals surface area contributed by atoms with E-state index in [0.717, 1.165) is 22.3 Å². The van der Waals surface area contributed by atoms with E-state index < -0.39 is 29.9 Å². The van der Waals surface area contributed by atoms with E-state index in [4.69, 9.17) is 9.84 Å². The highest BCUT2D eigenvalue weighted by atomic mass is 16.5. The van der Waals surface area contributed by atoms with E-state index in [1.165, 1.54) is 0 Å². The van der Waals surface area contributed by atoms with Crippen molar-refractivity contribution in [2.24, 2.45) is 5.92 Å². The van der Waals surface area contributed by atoms with Gasteiger partial charge in [-0.3, -0.25) is 4.79 Å². The molecule has 2 atom stereocenters. The van der Waals surface area contributed by atoms with Gasteiger partial charge in [0.05, 0.1) is 5.92 Å². The number of hydrogen-bond acceptors (Lipinski definition) is 4. The molecule has 0 heterocycles. The van der Waals surface area contributed by atoms with E-state index in [1.807, 2.05) is 43.3 Å². The van der Waals surface area contributed by atoms with Crippen molar-refractivity contribution in [1.29, 1.82) is 0 Å². The summed E-state index contributed by atoms with van der Waals surface area (Å²) >= 11 is 0. The van der Waals surface area contributed by atoms with Crippen molar-refractivity contribution in [2.45, 2.75) is 38.6 Å². The van der Waals surface area contributed by atoms with Gasteiger partial charge in [-0.25, -0.2) is 9.59 Å². The lowest BCUT2D eigenvalue weighted by Gasteiger charge is -2.19. The van der Waals surface area contributed by atoms with Gasteiger partial charge in [-0.15, -0.1) is 0 Å². The second kappa shape index (κ2) is 10.1. The van der Waals surface area contributed by atoms with Crippen molar-refractivity contribution in [1.82, 2.24) is 10.6 Å². The number of ether oxygens (including phenoxy) is 1. The smallest absolute Gasteiger partial charge is 0.407 e. The molecule has 164 valence electrons. The number of benzene rings is 2. The second-order valence-electron chi connectivity index (χ2n) is 7.62. The molecule has 0 radical (unpaired) electrons. The van der Waals surface area contributed by atoms with E-state index in [2.05, 4.69) is 22.8 Å². The minimum atomic E-state index is -1.07. The Morgan fingerprint density at radius 2 is 1.55 bits per heavy atom. The van der Waals surface area contributed by atoms with Crippen LogP contribution in [0, 0.1) is 5.92 Å². The van der Waals surface area contributed by atoms with Gasteiger partial charge in [0.15, 0.2) is 0 Å². The summed E-state index contributed by atoms with van der Waals surface area (Å²) < 4.78 is 5.48. The van der Waals surface area contributed by atoms with Crippen molar-refractivity contribution in [3.05, 3.63) is 59.7 Å². The number of nitrogens with one attached hydrogen (secondary N) is 2. The average Bonchev–Trinajstić information content (AvgIpc) is 3.10. The molecular weight excluding hydrogens is 396 g/mol. The summed E-state index contributed by atoms with van der Waals surface area (Å²) in [7, 11) is 0. The fraction of sp³-hybridized carbons (Fsp3) is 0.375. The quantitative estimate of drug-likeness (QED) is 0.571. The van der Waals surface area contributed by atoms with Gasteiger partial charge >= 0.3 is 12.1 Å². The lowest BCUT2D eigenvalue weighted by atomic mass is 9.98. The van der Waals surface area contributed by atoms with Crippen LogP contribution in [0.15, 0.2) is 48.5 Å². The molecule has 0 spiro atoms. The molecule has 2 unspecified atom stereocenters. The Bertz CT molecular complexity index is 913. The summed E-state index contributed by atoms with van der Waals surface area (Å²) in [5, 5.41) is 14.3. The molecule has 0 aliphatic heterocycles. The first-order valence-electron chi connectivity index (χ1n) is 10.6. The molecule has 7 heteroatoms. The highest BCUT2D eigenvalue weighted by molar-refractivity contribution is 5.85. The Kier molecular flexibility index (Phi) is 7.28. The zero-order chi connectivity index (χ0) is 22.4. The van der Waals surface area contributed by atoms with E-state index in [0.29, 0.717) is 6.42 Å². The Morgan fingerprint density at radius 1 is 0.968 bits per heavy atom. The maximum absolute atomic E-state index is 12.3. The van der Waals surface area contributed by atoms with Crippen LogP contribution in [0.25, 0.3) is 11.1 Å². The summed E-state index contributed by atoms with van der Waals surface area (Å²) in [4.78, 5) is 35.8. The minimum Gasteiger partial charge on any atom is -0.480 e. The highest BCUT2D eigenvalue weighted by Gasteiger charge is 2.29. The fourth-order valence-corrected chi connectivity index (χ4v) is 3.91. The van der Waals surface area contributed by atoms with Crippen LogP contribution in [-0.4, -0.2) is 42.3 Å². The van der Waals surface area contributed by atoms with Crippen LogP contribution >= 0.6 is 0 Å². The third-order valence-electron chi connectivity index (χ3n) is 5.72. The Balaban J connectivity index is 1.56. The van der Waals surface area contributed by atoms with Crippen LogP contribution in [0.3, 0.4) is 0 Å². The van der Waals surface area contributed by atoms with E-state index >= 15 is 0 Å². The highest BCUT2D eigenvalue weighted by Crippen LogP contribution is 2.44. The van der Waals surface area contributed by atoms with Gasteiger partial charge in [-0.2, -0.15) is 0 Å². The van der Waals surface area contributed by atoms with Crippen LogP contribution in [0.4, 0.5) is 4.79 Å². The number of alkyl carbamates (subject to hydrolysis) is 1. The number of carbonyl (C=O) groups is 3. The SMILES string of the molecule is CCC(CNC(=O)OCC1c2ccccc2-c2ccccc21)C(=O)NC(CC)C(=O)O.